The van der Waals surface area contributed by atoms with Crippen molar-refractivity contribution in [2.24, 2.45) is 0 Å². The van der Waals surface area contributed by atoms with Crippen molar-refractivity contribution in [3.8, 4) is 0 Å². The van der Waals surface area contributed by atoms with Crippen molar-refractivity contribution in [1.82, 2.24) is 5.32 Å². The highest BCUT2D eigenvalue weighted by Crippen LogP contribution is 2.17. The van der Waals surface area contributed by atoms with Gasteiger partial charge in [-0.1, -0.05) is 12.1 Å². The molecule has 1 N–H and O–H groups in total. The molecule has 0 unspecified atom stereocenters. The van der Waals surface area contributed by atoms with Crippen molar-refractivity contribution >= 4 is 11.6 Å². The molecule has 1 aliphatic heterocycles. The first kappa shape index (κ1) is 11.9. The Balaban J connectivity index is 2.07. The van der Waals surface area contributed by atoms with E-state index in [2.05, 4.69) is 22.3 Å². The predicted octanol–water partition coefficient (Wildman–Crippen LogP) is 0.812. The lowest BCUT2D eigenvalue weighted by Crippen LogP contribution is -2.36. The molecule has 1 heterocycles. The average molecular weight is 234 g/mol. The summed E-state index contributed by atoms with van der Waals surface area (Å²) in [4.78, 5) is 13.6. The third kappa shape index (κ3) is 3.20. The number of amides is 1. The Morgan fingerprint density at radius 3 is 2.88 bits per heavy atom. The van der Waals surface area contributed by atoms with Gasteiger partial charge in [0, 0.05) is 25.8 Å². The first-order chi connectivity index (χ1) is 8.29. The number of rotatable bonds is 3. The van der Waals surface area contributed by atoms with Crippen molar-refractivity contribution in [1.29, 1.82) is 0 Å². The Bertz CT molecular complexity index is 387. The number of ether oxygens (including phenoxy) is 1. The molecule has 1 aromatic rings. The topological polar surface area (TPSA) is 41.6 Å². The highest BCUT2D eigenvalue weighted by molar-refractivity contribution is 5.78. The fourth-order valence-corrected chi connectivity index (χ4v) is 1.96. The molecule has 2 rings (SSSR count). The van der Waals surface area contributed by atoms with Gasteiger partial charge >= 0.3 is 0 Å². The number of nitrogens with zero attached hydrogens (tertiary/aromatic N) is 1. The minimum Gasteiger partial charge on any atom is -0.378 e. The summed E-state index contributed by atoms with van der Waals surface area (Å²) in [7, 11) is 1.66. The van der Waals surface area contributed by atoms with Crippen molar-refractivity contribution in [3.05, 3.63) is 29.8 Å². The van der Waals surface area contributed by atoms with E-state index in [1.165, 1.54) is 5.69 Å². The fraction of sp³-hybridized carbons (Fsp3) is 0.462. The quantitative estimate of drug-likeness (QED) is 0.841. The van der Waals surface area contributed by atoms with Gasteiger partial charge in [-0.05, 0) is 17.7 Å². The summed E-state index contributed by atoms with van der Waals surface area (Å²) in [5.74, 6) is 0.0455. The fourth-order valence-electron chi connectivity index (χ4n) is 1.96. The number of carbonyl (C=O) groups excluding carboxylic acids is 1. The highest BCUT2D eigenvalue weighted by atomic mass is 16.5. The Hall–Kier alpha value is -1.55. The molecule has 0 radical (unpaired) electrons. The molecule has 1 amide bonds. The van der Waals surface area contributed by atoms with Crippen molar-refractivity contribution in [3.63, 3.8) is 0 Å². The summed E-state index contributed by atoms with van der Waals surface area (Å²) in [6.07, 6.45) is 0.439. The van der Waals surface area contributed by atoms with E-state index < -0.39 is 0 Å². The largest absolute Gasteiger partial charge is 0.378 e. The van der Waals surface area contributed by atoms with E-state index in [9.17, 15) is 4.79 Å². The molecule has 1 fully saturated rings. The summed E-state index contributed by atoms with van der Waals surface area (Å²) in [5, 5.41) is 2.64. The van der Waals surface area contributed by atoms with Crippen molar-refractivity contribution in [2.45, 2.75) is 6.42 Å². The molecule has 4 heteroatoms. The van der Waals surface area contributed by atoms with Crippen LogP contribution in [0.4, 0.5) is 5.69 Å². The van der Waals surface area contributed by atoms with Crippen molar-refractivity contribution < 1.29 is 9.53 Å². The van der Waals surface area contributed by atoms with Gasteiger partial charge in [0.2, 0.25) is 5.91 Å². The number of morpholine rings is 1. The maximum Gasteiger partial charge on any atom is 0.224 e. The first-order valence-corrected chi connectivity index (χ1v) is 5.92. The van der Waals surface area contributed by atoms with E-state index in [0.717, 1.165) is 31.9 Å². The van der Waals surface area contributed by atoms with Crippen LogP contribution in [-0.2, 0) is 16.0 Å². The molecule has 0 spiro atoms. The standard InChI is InChI=1S/C13H18N2O2/c1-14-13(16)10-11-3-2-4-12(9-11)15-5-7-17-8-6-15/h2-4,9H,5-8,10H2,1H3,(H,14,16). The van der Waals surface area contributed by atoms with Crippen LogP contribution in [-0.4, -0.2) is 39.3 Å². The summed E-state index contributed by atoms with van der Waals surface area (Å²) >= 11 is 0. The second-order valence-corrected chi connectivity index (χ2v) is 4.12. The van der Waals surface area contributed by atoms with E-state index in [0.29, 0.717) is 6.42 Å². The summed E-state index contributed by atoms with van der Waals surface area (Å²) in [6.45, 7) is 3.40. The second kappa shape index (κ2) is 5.68. The van der Waals surface area contributed by atoms with Crippen LogP contribution in [0.1, 0.15) is 5.56 Å². The summed E-state index contributed by atoms with van der Waals surface area (Å²) < 4.78 is 5.33. The minimum atomic E-state index is 0.0455. The van der Waals surface area contributed by atoms with E-state index >= 15 is 0 Å². The number of nitrogens with one attached hydrogen (secondary N) is 1. The second-order valence-electron chi connectivity index (χ2n) is 4.12. The Labute approximate surface area is 102 Å². The zero-order chi connectivity index (χ0) is 12.1. The first-order valence-electron chi connectivity index (χ1n) is 5.92. The molecule has 17 heavy (non-hydrogen) atoms. The highest BCUT2D eigenvalue weighted by Gasteiger charge is 2.11. The number of benzene rings is 1. The molecular weight excluding hydrogens is 216 g/mol. The lowest BCUT2D eigenvalue weighted by atomic mass is 10.1. The van der Waals surface area contributed by atoms with Crippen LogP contribution in [0.15, 0.2) is 24.3 Å². The van der Waals surface area contributed by atoms with Crippen LogP contribution in [0.5, 0.6) is 0 Å². The normalized spacial score (nSPS) is 15.7. The molecule has 4 nitrogen and oxygen atoms in total. The Morgan fingerprint density at radius 2 is 2.18 bits per heavy atom. The average Bonchev–Trinajstić information content (AvgIpc) is 2.40. The molecule has 0 aliphatic carbocycles. The van der Waals surface area contributed by atoms with Gasteiger partial charge in [0.15, 0.2) is 0 Å². The van der Waals surface area contributed by atoms with Crippen LogP contribution >= 0.6 is 0 Å². The molecule has 1 saturated heterocycles. The molecule has 1 aromatic carbocycles. The van der Waals surface area contributed by atoms with E-state index in [1.54, 1.807) is 7.05 Å². The summed E-state index contributed by atoms with van der Waals surface area (Å²) in [6, 6.07) is 8.15. The molecule has 92 valence electrons. The van der Waals surface area contributed by atoms with Gasteiger partial charge in [0.05, 0.1) is 19.6 Å². The molecule has 1 aliphatic rings. The predicted molar refractivity (Wildman–Crippen MR) is 67.2 cm³/mol. The number of hydrogen-bond acceptors (Lipinski definition) is 3. The SMILES string of the molecule is CNC(=O)Cc1cccc(N2CCOCC2)c1. The van der Waals surface area contributed by atoms with Crippen LogP contribution in [0, 0.1) is 0 Å². The molecular formula is C13H18N2O2. The van der Waals surface area contributed by atoms with Gasteiger partial charge < -0.3 is 15.0 Å². The lowest BCUT2D eigenvalue weighted by Gasteiger charge is -2.29. The molecule has 0 saturated carbocycles. The summed E-state index contributed by atoms with van der Waals surface area (Å²) in [5.41, 5.74) is 2.23. The number of hydrogen-bond donors (Lipinski definition) is 1. The van der Waals surface area contributed by atoms with Gasteiger partial charge in [-0.3, -0.25) is 4.79 Å². The minimum absolute atomic E-state index is 0.0455. The van der Waals surface area contributed by atoms with E-state index in [-0.39, 0.29) is 5.91 Å². The van der Waals surface area contributed by atoms with Crippen LogP contribution in [0.3, 0.4) is 0 Å². The molecule has 0 atom stereocenters. The Kier molecular flexibility index (Phi) is 3.98. The Morgan fingerprint density at radius 1 is 1.41 bits per heavy atom. The van der Waals surface area contributed by atoms with Crippen LogP contribution in [0.2, 0.25) is 0 Å². The van der Waals surface area contributed by atoms with Crippen LogP contribution in [0.25, 0.3) is 0 Å². The zero-order valence-corrected chi connectivity index (χ0v) is 10.1. The van der Waals surface area contributed by atoms with Crippen molar-refractivity contribution in [2.75, 3.05) is 38.3 Å². The smallest absolute Gasteiger partial charge is 0.224 e. The van der Waals surface area contributed by atoms with Gasteiger partial charge in [-0.2, -0.15) is 0 Å². The third-order valence-corrected chi connectivity index (χ3v) is 2.93. The van der Waals surface area contributed by atoms with Gasteiger partial charge in [0.1, 0.15) is 0 Å². The van der Waals surface area contributed by atoms with Gasteiger partial charge in [0.25, 0.3) is 0 Å². The van der Waals surface area contributed by atoms with Gasteiger partial charge in [-0.15, -0.1) is 0 Å². The number of anilines is 1. The molecule has 0 aromatic heterocycles. The number of carbonyl (C=O) groups is 1. The van der Waals surface area contributed by atoms with E-state index in [1.807, 2.05) is 12.1 Å². The van der Waals surface area contributed by atoms with Crippen LogP contribution < -0.4 is 10.2 Å². The van der Waals surface area contributed by atoms with E-state index in [4.69, 9.17) is 4.74 Å². The van der Waals surface area contributed by atoms with Gasteiger partial charge in [-0.25, -0.2) is 0 Å². The molecule has 0 bridgehead atoms. The maximum absolute atomic E-state index is 11.3. The monoisotopic (exact) mass is 234 g/mol. The lowest BCUT2D eigenvalue weighted by molar-refractivity contribution is -0.119. The third-order valence-electron chi connectivity index (χ3n) is 2.93. The zero-order valence-electron chi connectivity index (χ0n) is 10.1. The maximum atomic E-state index is 11.3. The number of likely N-dealkylation sites (N-methyl/N-ethyl adjacent to an activating group) is 1.